The molecule has 2 amide bonds. The van der Waals surface area contributed by atoms with E-state index in [1.165, 1.54) is 0 Å². The van der Waals surface area contributed by atoms with Gasteiger partial charge in [-0.05, 0) is 55.7 Å². The van der Waals surface area contributed by atoms with Gasteiger partial charge in [-0.2, -0.15) is 0 Å². The molecule has 1 aromatic heterocycles. The average Bonchev–Trinajstić information content (AvgIpc) is 3.04. The Kier molecular flexibility index (Phi) is 5.99. The van der Waals surface area contributed by atoms with Crippen LogP contribution in [-0.4, -0.2) is 41.4 Å². The number of carbonyl (C=O) groups excluding carboxylic acids is 2. The van der Waals surface area contributed by atoms with Crippen LogP contribution in [0.25, 0.3) is 10.2 Å². The molecule has 1 unspecified atom stereocenters. The molecule has 4 rings (SSSR count). The van der Waals surface area contributed by atoms with Crippen LogP contribution < -0.4 is 10.1 Å². The van der Waals surface area contributed by atoms with Gasteiger partial charge in [-0.15, -0.1) is 11.3 Å². The lowest BCUT2D eigenvalue weighted by Gasteiger charge is -2.21. The number of rotatable bonds is 5. The largest absolute Gasteiger partial charge is 0.497 e. The summed E-state index contributed by atoms with van der Waals surface area (Å²) >= 11 is 1.59. The van der Waals surface area contributed by atoms with E-state index in [-0.39, 0.29) is 17.9 Å². The first-order chi connectivity index (χ1) is 14.5. The summed E-state index contributed by atoms with van der Waals surface area (Å²) in [6, 6.07) is 13.4. The number of aryl methyl sites for hydroxylation is 1. The molecular formula is C23H25N3O3S. The van der Waals surface area contributed by atoms with Crippen LogP contribution >= 0.6 is 11.3 Å². The average molecular weight is 424 g/mol. The topological polar surface area (TPSA) is 71.5 Å². The molecule has 0 spiro atoms. The highest BCUT2D eigenvalue weighted by atomic mass is 32.1. The summed E-state index contributed by atoms with van der Waals surface area (Å²) in [7, 11) is 1.64. The molecule has 0 radical (unpaired) electrons. The maximum absolute atomic E-state index is 12.8. The number of nitrogens with zero attached hydrogens (tertiary/aromatic N) is 2. The monoisotopic (exact) mass is 423 g/mol. The Morgan fingerprint density at radius 2 is 2.13 bits per heavy atom. The van der Waals surface area contributed by atoms with Crippen molar-refractivity contribution in [3.8, 4) is 5.75 Å². The molecule has 0 saturated carbocycles. The highest BCUT2D eigenvalue weighted by Crippen LogP contribution is 2.23. The van der Waals surface area contributed by atoms with Crippen LogP contribution in [0.4, 0.5) is 0 Å². The van der Waals surface area contributed by atoms with E-state index in [0.717, 1.165) is 33.0 Å². The van der Waals surface area contributed by atoms with Crippen LogP contribution in [-0.2, 0) is 11.3 Å². The number of fused-ring (bicyclic) bond motifs is 1. The van der Waals surface area contributed by atoms with Crippen LogP contribution in [0.1, 0.15) is 40.2 Å². The summed E-state index contributed by atoms with van der Waals surface area (Å²) in [6.07, 6.45) is 1.83. The number of benzene rings is 2. The van der Waals surface area contributed by atoms with Gasteiger partial charge in [-0.3, -0.25) is 9.59 Å². The van der Waals surface area contributed by atoms with Gasteiger partial charge in [0, 0.05) is 31.1 Å². The van der Waals surface area contributed by atoms with Gasteiger partial charge in [0.1, 0.15) is 5.75 Å². The lowest BCUT2D eigenvalue weighted by molar-refractivity contribution is -0.131. The van der Waals surface area contributed by atoms with Crippen molar-refractivity contribution in [1.82, 2.24) is 15.2 Å². The van der Waals surface area contributed by atoms with Crippen molar-refractivity contribution < 1.29 is 14.3 Å². The number of aromatic nitrogens is 1. The zero-order chi connectivity index (χ0) is 21.1. The van der Waals surface area contributed by atoms with Crippen molar-refractivity contribution in [3.05, 3.63) is 58.6 Å². The minimum atomic E-state index is -0.0957. The van der Waals surface area contributed by atoms with Gasteiger partial charge in [0.2, 0.25) is 5.91 Å². The fourth-order valence-corrected chi connectivity index (χ4v) is 4.66. The lowest BCUT2D eigenvalue weighted by Crippen LogP contribution is -2.35. The number of thiazole rings is 1. The van der Waals surface area contributed by atoms with E-state index in [0.29, 0.717) is 31.5 Å². The standard InChI is InChI=1S/C23H25N3O3S/c1-15-24-20-8-6-17(13-21(20)30-15)23(28)25-18-7-9-22(27)26(11-10-18)14-16-4-3-5-19(12-16)29-2/h3-6,8,12-13,18H,7,9-11,14H2,1-2H3,(H,25,28). The molecular weight excluding hydrogens is 398 g/mol. The first-order valence-electron chi connectivity index (χ1n) is 10.1. The molecule has 1 atom stereocenters. The maximum atomic E-state index is 12.8. The maximum Gasteiger partial charge on any atom is 0.251 e. The molecule has 3 aromatic rings. The van der Waals surface area contributed by atoms with Crippen molar-refractivity contribution >= 4 is 33.4 Å². The third kappa shape index (κ3) is 4.62. The van der Waals surface area contributed by atoms with E-state index in [4.69, 9.17) is 4.74 Å². The zero-order valence-electron chi connectivity index (χ0n) is 17.2. The number of carbonyl (C=O) groups is 2. The predicted molar refractivity (Wildman–Crippen MR) is 118 cm³/mol. The molecule has 2 heterocycles. The third-order valence-corrected chi connectivity index (χ3v) is 6.34. The Hall–Kier alpha value is -2.93. The van der Waals surface area contributed by atoms with Gasteiger partial charge in [0.25, 0.3) is 5.91 Å². The summed E-state index contributed by atoms with van der Waals surface area (Å²) in [6.45, 7) is 3.14. The number of hydrogen-bond acceptors (Lipinski definition) is 5. The molecule has 0 aliphatic carbocycles. The van der Waals surface area contributed by atoms with Gasteiger partial charge in [-0.1, -0.05) is 12.1 Å². The molecule has 1 N–H and O–H groups in total. The molecule has 30 heavy (non-hydrogen) atoms. The molecule has 2 aromatic carbocycles. The van der Waals surface area contributed by atoms with Crippen molar-refractivity contribution in [2.75, 3.05) is 13.7 Å². The second kappa shape index (κ2) is 8.83. The van der Waals surface area contributed by atoms with E-state index >= 15 is 0 Å². The highest BCUT2D eigenvalue weighted by molar-refractivity contribution is 7.18. The van der Waals surface area contributed by atoms with Crippen LogP contribution in [0.5, 0.6) is 5.75 Å². The molecule has 6 nitrogen and oxygen atoms in total. The number of amides is 2. The molecule has 156 valence electrons. The number of methoxy groups -OCH3 is 1. The quantitative estimate of drug-likeness (QED) is 0.675. The Labute approximate surface area is 179 Å². The second-order valence-electron chi connectivity index (χ2n) is 7.58. The third-order valence-electron chi connectivity index (χ3n) is 5.41. The van der Waals surface area contributed by atoms with Gasteiger partial charge in [0.15, 0.2) is 0 Å². The first kappa shape index (κ1) is 20.3. The predicted octanol–water partition coefficient (Wildman–Crippen LogP) is 3.92. The fourth-order valence-electron chi connectivity index (χ4n) is 3.79. The SMILES string of the molecule is COc1cccc(CN2CCC(NC(=O)c3ccc4nc(C)sc4c3)CCC2=O)c1. The van der Waals surface area contributed by atoms with E-state index in [1.807, 2.05) is 54.3 Å². The van der Waals surface area contributed by atoms with Crippen LogP contribution in [0.2, 0.25) is 0 Å². The molecule has 0 bridgehead atoms. The second-order valence-corrected chi connectivity index (χ2v) is 8.81. The van der Waals surface area contributed by atoms with Crippen molar-refractivity contribution in [3.63, 3.8) is 0 Å². The number of ether oxygens (including phenoxy) is 1. The Bertz CT molecular complexity index is 1080. The summed E-state index contributed by atoms with van der Waals surface area (Å²) in [5.41, 5.74) is 2.59. The Morgan fingerprint density at radius 1 is 1.27 bits per heavy atom. The molecule has 1 saturated heterocycles. The number of likely N-dealkylation sites (tertiary alicyclic amines) is 1. The van der Waals surface area contributed by atoms with E-state index < -0.39 is 0 Å². The molecule has 1 aliphatic heterocycles. The minimum Gasteiger partial charge on any atom is -0.497 e. The van der Waals surface area contributed by atoms with Crippen LogP contribution in [0.3, 0.4) is 0 Å². The van der Waals surface area contributed by atoms with E-state index in [1.54, 1.807) is 18.4 Å². The van der Waals surface area contributed by atoms with Gasteiger partial charge in [-0.25, -0.2) is 4.98 Å². The van der Waals surface area contributed by atoms with Crippen LogP contribution in [0, 0.1) is 6.92 Å². The minimum absolute atomic E-state index is 0.0179. The lowest BCUT2D eigenvalue weighted by atomic mass is 10.1. The first-order valence-corrected chi connectivity index (χ1v) is 10.9. The van der Waals surface area contributed by atoms with Gasteiger partial charge < -0.3 is 15.0 Å². The molecule has 1 aliphatic rings. The zero-order valence-corrected chi connectivity index (χ0v) is 18.0. The molecule has 7 heteroatoms. The van der Waals surface area contributed by atoms with Gasteiger partial charge >= 0.3 is 0 Å². The summed E-state index contributed by atoms with van der Waals surface area (Å²) < 4.78 is 6.29. The van der Waals surface area contributed by atoms with Gasteiger partial charge in [0.05, 0.1) is 22.3 Å². The van der Waals surface area contributed by atoms with Crippen molar-refractivity contribution in [2.24, 2.45) is 0 Å². The van der Waals surface area contributed by atoms with Crippen molar-refractivity contribution in [1.29, 1.82) is 0 Å². The van der Waals surface area contributed by atoms with E-state index in [2.05, 4.69) is 10.3 Å². The van der Waals surface area contributed by atoms with Crippen molar-refractivity contribution in [2.45, 2.75) is 38.8 Å². The number of nitrogens with one attached hydrogen (secondary N) is 1. The van der Waals surface area contributed by atoms with E-state index in [9.17, 15) is 9.59 Å². The highest BCUT2D eigenvalue weighted by Gasteiger charge is 2.24. The smallest absolute Gasteiger partial charge is 0.251 e. The van der Waals surface area contributed by atoms with Crippen LogP contribution in [0.15, 0.2) is 42.5 Å². The Morgan fingerprint density at radius 3 is 2.97 bits per heavy atom. The molecule has 1 fully saturated rings. The Balaban J connectivity index is 1.38. The normalized spacial score (nSPS) is 17.1. The fraction of sp³-hybridized carbons (Fsp3) is 0.348. The number of hydrogen-bond donors (Lipinski definition) is 1. The summed E-state index contributed by atoms with van der Waals surface area (Å²) in [5, 5.41) is 4.10. The summed E-state index contributed by atoms with van der Waals surface area (Å²) in [4.78, 5) is 31.7. The summed E-state index contributed by atoms with van der Waals surface area (Å²) in [5.74, 6) is 0.811.